The van der Waals surface area contributed by atoms with Gasteiger partial charge in [0.05, 0.1) is 12.6 Å². The normalized spacial score (nSPS) is 32.4. The summed E-state index contributed by atoms with van der Waals surface area (Å²) < 4.78 is 0. The molecule has 2 atom stereocenters. The van der Waals surface area contributed by atoms with Gasteiger partial charge in [0.15, 0.2) is 0 Å². The van der Waals surface area contributed by atoms with E-state index in [0.717, 1.165) is 12.8 Å². The molecule has 1 rings (SSSR count). The fourth-order valence-corrected chi connectivity index (χ4v) is 1.30. The lowest BCUT2D eigenvalue weighted by Crippen LogP contribution is -2.28. The average molecular weight is 143 g/mol. The summed E-state index contributed by atoms with van der Waals surface area (Å²) in [5.74, 6) is 0.235. The minimum atomic E-state index is 0.0115. The predicted octanol–water partition coefficient (Wildman–Crippen LogP) is -0.107. The van der Waals surface area contributed by atoms with E-state index in [2.05, 4.69) is 5.32 Å². The SMILES string of the molecule is CCC1C[C@@H](CO)NC1=O. The van der Waals surface area contributed by atoms with Crippen molar-refractivity contribution in [1.29, 1.82) is 0 Å². The third kappa shape index (κ3) is 1.29. The van der Waals surface area contributed by atoms with Crippen LogP contribution in [0.4, 0.5) is 0 Å². The van der Waals surface area contributed by atoms with Crippen molar-refractivity contribution in [2.24, 2.45) is 5.92 Å². The van der Waals surface area contributed by atoms with E-state index in [-0.39, 0.29) is 24.5 Å². The van der Waals surface area contributed by atoms with E-state index < -0.39 is 0 Å². The van der Waals surface area contributed by atoms with Gasteiger partial charge in [-0.2, -0.15) is 0 Å². The van der Waals surface area contributed by atoms with E-state index in [1.165, 1.54) is 0 Å². The van der Waals surface area contributed by atoms with Gasteiger partial charge in [0, 0.05) is 5.92 Å². The van der Waals surface area contributed by atoms with Gasteiger partial charge in [-0.3, -0.25) is 4.79 Å². The van der Waals surface area contributed by atoms with Crippen molar-refractivity contribution in [3.8, 4) is 0 Å². The molecule has 1 heterocycles. The van der Waals surface area contributed by atoms with Gasteiger partial charge in [0.25, 0.3) is 0 Å². The van der Waals surface area contributed by atoms with Gasteiger partial charge in [-0.25, -0.2) is 0 Å². The minimum absolute atomic E-state index is 0.0115. The van der Waals surface area contributed by atoms with Gasteiger partial charge >= 0.3 is 0 Å². The van der Waals surface area contributed by atoms with Crippen molar-refractivity contribution < 1.29 is 9.90 Å². The number of nitrogens with one attached hydrogen (secondary N) is 1. The second-order valence-corrected chi connectivity index (χ2v) is 2.73. The summed E-state index contributed by atoms with van der Waals surface area (Å²) in [6, 6.07) is 0.0115. The molecule has 1 amide bonds. The van der Waals surface area contributed by atoms with Crippen LogP contribution in [0.15, 0.2) is 0 Å². The lowest BCUT2D eigenvalue weighted by Gasteiger charge is -2.02. The summed E-state index contributed by atoms with van der Waals surface area (Å²) in [6.45, 7) is 2.06. The van der Waals surface area contributed by atoms with Crippen LogP contribution in [-0.4, -0.2) is 23.7 Å². The first kappa shape index (κ1) is 7.54. The van der Waals surface area contributed by atoms with E-state index in [1.807, 2.05) is 6.92 Å². The van der Waals surface area contributed by atoms with Crippen molar-refractivity contribution >= 4 is 5.91 Å². The molecule has 0 aliphatic carbocycles. The van der Waals surface area contributed by atoms with Gasteiger partial charge in [-0.05, 0) is 12.8 Å². The molecule has 0 spiro atoms. The molecule has 1 aliphatic heterocycles. The number of aliphatic hydroxyl groups is 1. The van der Waals surface area contributed by atoms with Crippen LogP contribution in [0.3, 0.4) is 0 Å². The predicted molar refractivity (Wildman–Crippen MR) is 37.4 cm³/mol. The van der Waals surface area contributed by atoms with E-state index >= 15 is 0 Å². The number of carbonyl (C=O) groups is 1. The first-order chi connectivity index (χ1) is 4.77. The molecule has 0 aromatic heterocycles. The molecule has 0 saturated carbocycles. The molecule has 58 valence electrons. The second kappa shape index (κ2) is 3.01. The fourth-order valence-electron chi connectivity index (χ4n) is 1.30. The minimum Gasteiger partial charge on any atom is -0.394 e. The molecule has 0 aromatic carbocycles. The van der Waals surface area contributed by atoms with E-state index in [1.54, 1.807) is 0 Å². The van der Waals surface area contributed by atoms with Crippen LogP contribution in [0.1, 0.15) is 19.8 Å². The number of amides is 1. The van der Waals surface area contributed by atoms with E-state index in [9.17, 15) is 4.79 Å². The Kier molecular flexibility index (Phi) is 2.27. The molecule has 3 heteroatoms. The van der Waals surface area contributed by atoms with Crippen LogP contribution in [0.25, 0.3) is 0 Å². The van der Waals surface area contributed by atoms with Crippen molar-refractivity contribution in [2.45, 2.75) is 25.8 Å². The Hall–Kier alpha value is -0.570. The maximum atomic E-state index is 11.0. The highest BCUT2D eigenvalue weighted by molar-refractivity contribution is 5.81. The molecule has 3 nitrogen and oxygen atoms in total. The summed E-state index contributed by atoms with van der Waals surface area (Å²) in [5, 5.41) is 11.4. The van der Waals surface area contributed by atoms with Crippen LogP contribution in [0, 0.1) is 5.92 Å². The summed E-state index contributed by atoms with van der Waals surface area (Å²) >= 11 is 0. The summed E-state index contributed by atoms with van der Waals surface area (Å²) in [6.07, 6.45) is 1.67. The van der Waals surface area contributed by atoms with Crippen LogP contribution < -0.4 is 5.32 Å². The van der Waals surface area contributed by atoms with Gasteiger partial charge < -0.3 is 10.4 Å². The second-order valence-electron chi connectivity index (χ2n) is 2.73. The van der Waals surface area contributed by atoms with Crippen LogP contribution >= 0.6 is 0 Å². The number of aliphatic hydroxyl groups excluding tert-OH is 1. The fraction of sp³-hybridized carbons (Fsp3) is 0.857. The summed E-state index contributed by atoms with van der Waals surface area (Å²) in [4.78, 5) is 11.0. The first-order valence-electron chi connectivity index (χ1n) is 3.69. The standard InChI is InChI=1S/C7H13NO2/c1-2-5-3-6(4-9)8-7(5)10/h5-6,9H,2-4H2,1H3,(H,8,10)/t5?,6-/m0/s1. The van der Waals surface area contributed by atoms with E-state index in [0.29, 0.717) is 0 Å². The third-order valence-corrected chi connectivity index (χ3v) is 2.00. The maximum Gasteiger partial charge on any atom is 0.223 e. The van der Waals surface area contributed by atoms with Crippen LogP contribution in [0.5, 0.6) is 0 Å². The molecular formula is C7H13NO2. The van der Waals surface area contributed by atoms with Gasteiger partial charge in [-0.1, -0.05) is 6.92 Å². The average Bonchev–Trinajstić information content (AvgIpc) is 2.30. The number of rotatable bonds is 2. The van der Waals surface area contributed by atoms with Crippen LogP contribution in [0.2, 0.25) is 0 Å². The Morgan fingerprint density at radius 1 is 1.80 bits per heavy atom. The quantitative estimate of drug-likeness (QED) is 0.566. The van der Waals surface area contributed by atoms with Crippen molar-refractivity contribution in [1.82, 2.24) is 5.32 Å². The molecule has 0 radical (unpaired) electrons. The molecule has 10 heavy (non-hydrogen) atoms. The first-order valence-corrected chi connectivity index (χ1v) is 3.69. The van der Waals surface area contributed by atoms with Crippen molar-refractivity contribution in [2.75, 3.05) is 6.61 Å². The zero-order chi connectivity index (χ0) is 7.56. The lowest BCUT2D eigenvalue weighted by atomic mass is 10.0. The highest BCUT2D eigenvalue weighted by atomic mass is 16.3. The zero-order valence-corrected chi connectivity index (χ0v) is 6.13. The Balaban J connectivity index is 2.44. The highest BCUT2D eigenvalue weighted by Crippen LogP contribution is 2.17. The van der Waals surface area contributed by atoms with Crippen molar-refractivity contribution in [3.05, 3.63) is 0 Å². The van der Waals surface area contributed by atoms with Gasteiger partial charge in [0.2, 0.25) is 5.91 Å². The monoisotopic (exact) mass is 143 g/mol. The molecule has 1 unspecified atom stereocenters. The topological polar surface area (TPSA) is 49.3 Å². The Morgan fingerprint density at radius 2 is 2.50 bits per heavy atom. The molecule has 1 saturated heterocycles. The Bertz CT molecular complexity index is 136. The summed E-state index contributed by atoms with van der Waals surface area (Å²) in [5.41, 5.74) is 0. The van der Waals surface area contributed by atoms with Crippen molar-refractivity contribution in [3.63, 3.8) is 0 Å². The lowest BCUT2D eigenvalue weighted by molar-refractivity contribution is -0.122. The molecule has 1 fully saturated rings. The van der Waals surface area contributed by atoms with Crippen LogP contribution in [-0.2, 0) is 4.79 Å². The largest absolute Gasteiger partial charge is 0.394 e. The van der Waals surface area contributed by atoms with E-state index in [4.69, 9.17) is 5.11 Å². The molecule has 2 N–H and O–H groups in total. The number of hydrogen-bond acceptors (Lipinski definition) is 2. The Morgan fingerprint density at radius 3 is 2.80 bits per heavy atom. The Labute approximate surface area is 60.4 Å². The van der Waals surface area contributed by atoms with Gasteiger partial charge in [-0.15, -0.1) is 0 Å². The third-order valence-electron chi connectivity index (χ3n) is 2.00. The molecule has 1 aliphatic rings. The smallest absolute Gasteiger partial charge is 0.223 e. The molecular weight excluding hydrogens is 130 g/mol. The molecule has 0 bridgehead atoms. The maximum absolute atomic E-state index is 11.0. The zero-order valence-electron chi connectivity index (χ0n) is 6.13. The van der Waals surface area contributed by atoms with Gasteiger partial charge in [0.1, 0.15) is 0 Å². The highest BCUT2D eigenvalue weighted by Gasteiger charge is 2.29. The summed E-state index contributed by atoms with van der Waals surface area (Å²) in [7, 11) is 0. The number of carbonyl (C=O) groups excluding carboxylic acids is 1. The number of hydrogen-bond donors (Lipinski definition) is 2. The molecule has 0 aromatic rings.